The van der Waals surface area contributed by atoms with E-state index in [2.05, 4.69) is 22.0 Å². The van der Waals surface area contributed by atoms with Gasteiger partial charge in [0, 0.05) is 19.1 Å². The molecular weight excluding hydrogens is 250 g/mol. The molecule has 0 radical (unpaired) electrons. The normalized spacial score (nSPS) is 28.6. The zero-order chi connectivity index (χ0) is 14.4. The molecule has 20 heavy (non-hydrogen) atoms. The molecule has 2 atom stereocenters. The molecule has 0 aromatic heterocycles. The molecule has 2 aliphatic rings. The number of piperidine rings is 2. The Balaban J connectivity index is 1.84. The number of amides is 1. The predicted octanol–water partition coefficient (Wildman–Crippen LogP) is 1.71. The van der Waals surface area contributed by atoms with Gasteiger partial charge in [0.1, 0.15) is 0 Å². The first kappa shape index (κ1) is 15.8. The molecule has 2 unspecified atom stereocenters. The summed E-state index contributed by atoms with van der Waals surface area (Å²) < 4.78 is 0. The van der Waals surface area contributed by atoms with Gasteiger partial charge < -0.3 is 10.2 Å². The van der Waals surface area contributed by atoms with Crippen LogP contribution in [0.25, 0.3) is 0 Å². The minimum Gasteiger partial charge on any atom is -0.341 e. The Bertz CT molecular complexity index is 308. The highest BCUT2D eigenvalue weighted by Gasteiger charge is 2.27. The second-order valence-electron chi connectivity index (χ2n) is 6.60. The molecule has 4 nitrogen and oxygen atoms in total. The lowest BCUT2D eigenvalue weighted by Crippen LogP contribution is -2.49. The van der Waals surface area contributed by atoms with Crippen molar-refractivity contribution in [3.63, 3.8) is 0 Å². The number of hydrogen-bond acceptors (Lipinski definition) is 3. The highest BCUT2D eigenvalue weighted by Crippen LogP contribution is 2.21. The van der Waals surface area contributed by atoms with E-state index in [-0.39, 0.29) is 0 Å². The molecule has 2 heterocycles. The summed E-state index contributed by atoms with van der Waals surface area (Å²) in [6.45, 7) is 6.99. The van der Waals surface area contributed by atoms with E-state index < -0.39 is 0 Å². The van der Waals surface area contributed by atoms with Crippen molar-refractivity contribution in [1.29, 1.82) is 0 Å². The van der Waals surface area contributed by atoms with Crippen LogP contribution in [0.3, 0.4) is 0 Å². The Labute approximate surface area is 123 Å². The lowest BCUT2D eigenvalue weighted by Gasteiger charge is -2.38. The first-order chi connectivity index (χ1) is 9.70. The van der Waals surface area contributed by atoms with Crippen LogP contribution in [-0.2, 0) is 4.79 Å². The van der Waals surface area contributed by atoms with Gasteiger partial charge in [0.25, 0.3) is 0 Å². The first-order valence-electron chi connectivity index (χ1n) is 8.37. The van der Waals surface area contributed by atoms with E-state index in [0.717, 1.165) is 26.2 Å². The molecule has 2 rings (SSSR count). The van der Waals surface area contributed by atoms with Crippen LogP contribution in [-0.4, -0.2) is 61.5 Å². The number of carbonyl (C=O) groups is 1. The van der Waals surface area contributed by atoms with Crippen LogP contribution in [0.15, 0.2) is 0 Å². The Morgan fingerprint density at radius 2 is 2.05 bits per heavy atom. The summed E-state index contributed by atoms with van der Waals surface area (Å²) in [6.07, 6.45) is 7.44. The number of rotatable bonds is 5. The average molecular weight is 281 g/mol. The fourth-order valence-corrected chi connectivity index (χ4v) is 3.60. The van der Waals surface area contributed by atoms with E-state index in [0.29, 0.717) is 24.4 Å². The van der Waals surface area contributed by atoms with Gasteiger partial charge in [0.15, 0.2) is 0 Å². The molecule has 0 bridgehead atoms. The zero-order valence-electron chi connectivity index (χ0n) is 13.2. The van der Waals surface area contributed by atoms with Gasteiger partial charge in [-0.3, -0.25) is 9.69 Å². The van der Waals surface area contributed by atoms with Crippen LogP contribution >= 0.6 is 0 Å². The molecular formula is C16H31N3O. The lowest BCUT2D eigenvalue weighted by atomic mass is 9.98. The lowest BCUT2D eigenvalue weighted by molar-refractivity contribution is -0.135. The number of nitrogens with zero attached hydrogens (tertiary/aromatic N) is 2. The molecule has 0 spiro atoms. The average Bonchev–Trinajstić information content (AvgIpc) is 2.46. The van der Waals surface area contributed by atoms with Crippen molar-refractivity contribution in [2.75, 3.05) is 39.8 Å². The van der Waals surface area contributed by atoms with Gasteiger partial charge in [-0.1, -0.05) is 13.3 Å². The van der Waals surface area contributed by atoms with Crippen molar-refractivity contribution in [3.05, 3.63) is 0 Å². The van der Waals surface area contributed by atoms with Gasteiger partial charge in [-0.05, 0) is 58.2 Å². The Hall–Kier alpha value is -0.610. The van der Waals surface area contributed by atoms with Crippen molar-refractivity contribution < 1.29 is 4.79 Å². The third-order valence-corrected chi connectivity index (χ3v) is 4.82. The summed E-state index contributed by atoms with van der Waals surface area (Å²) in [7, 11) is 2.01. The predicted molar refractivity (Wildman–Crippen MR) is 82.7 cm³/mol. The molecule has 4 heteroatoms. The van der Waals surface area contributed by atoms with Crippen LogP contribution in [0.5, 0.6) is 0 Å². The summed E-state index contributed by atoms with van der Waals surface area (Å²) in [5, 5.41) is 3.24. The molecule has 0 aliphatic carbocycles. The van der Waals surface area contributed by atoms with E-state index in [1.54, 1.807) is 0 Å². The fraction of sp³-hybridized carbons (Fsp3) is 0.938. The van der Waals surface area contributed by atoms with Crippen molar-refractivity contribution in [1.82, 2.24) is 15.1 Å². The summed E-state index contributed by atoms with van der Waals surface area (Å²) in [6, 6.07) is 0.599. The number of hydrogen-bond donors (Lipinski definition) is 1. The minimum atomic E-state index is 0.355. The summed E-state index contributed by atoms with van der Waals surface area (Å²) in [5.41, 5.74) is 0. The molecule has 0 saturated carbocycles. The number of likely N-dealkylation sites (tertiary alicyclic amines) is 2. The Morgan fingerprint density at radius 1 is 1.20 bits per heavy atom. The van der Waals surface area contributed by atoms with Crippen LogP contribution in [0.4, 0.5) is 0 Å². The molecule has 1 N–H and O–H groups in total. The van der Waals surface area contributed by atoms with Gasteiger partial charge in [0.05, 0.1) is 6.54 Å². The molecule has 116 valence electrons. The van der Waals surface area contributed by atoms with Crippen LogP contribution in [0.1, 0.15) is 45.4 Å². The summed E-state index contributed by atoms with van der Waals surface area (Å²) in [5.74, 6) is 1.03. The molecule has 0 aromatic rings. The third-order valence-electron chi connectivity index (χ3n) is 4.82. The number of nitrogens with one attached hydrogen (secondary N) is 1. The summed E-state index contributed by atoms with van der Waals surface area (Å²) >= 11 is 0. The monoisotopic (exact) mass is 281 g/mol. The zero-order valence-corrected chi connectivity index (χ0v) is 13.2. The quantitative estimate of drug-likeness (QED) is 0.833. The van der Waals surface area contributed by atoms with E-state index in [4.69, 9.17) is 0 Å². The van der Waals surface area contributed by atoms with Crippen molar-refractivity contribution >= 4 is 5.91 Å². The summed E-state index contributed by atoms with van der Waals surface area (Å²) in [4.78, 5) is 17.0. The Morgan fingerprint density at radius 3 is 2.80 bits per heavy atom. The fourth-order valence-electron chi connectivity index (χ4n) is 3.60. The van der Waals surface area contributed by atoms with Gasteiger partial charge in [-0.25, -0.2) is 0 Å². The van der Waals surface area contributed by atoms with E-state index in [1.807, 2.05) is 7.05 Å². The maximum atomic E-state index is 12.5. The van der Waals surface area contributed by atoms with Crippen molar-refractivity contribution in [2.45, 2.75) is 51.5 Å². The minimum absolute atomic E-state index is 0.355. The first-order valence-corrected chi connectivity index (χ1v) is 8.37. The molecule has 0 aromatic carbocycles. The molecule has 2 saturated heterocycles. The largest absolute Gasteiger partial charge is 0.341 e. The maximum Gasteiger partial charge on any atom is 0.236 e. The van der Waals surface area contributed by atoms with Crippen LogP contribution < -0.4 is 5.32 Å². The van der Waals surface area contributed by atoms with Crippen molar-refractivity contribution in [2.24, 2.45) is 5.92 Å². The third kappa shape index (κ3) is 4.45. The molecule has 1 amide bonds. The molecule has 2 fully saturated rings. The maximum absolute atomic E-state index is 12.5. The van der Waals surface area contributed by atoms with E-state index in [9.17, 15) is 4.79 Å². The van der Waals surface area contributed by atoms with Gasteiger partial charge in [0.2, 0.25) is 5.91 Å². The van der Waals surface area contributed by atoms with Gasteiger partial charge in [-0.2, -0.15) is 0 Å². The molecule has 2 aliphatic heterocycles. The van der Waals surface area contributed by atoms with Crippen LogP contribution in [0, 0.1) is 5.92 Å². The topological polar surface area (TPSA) is 35.6 Å². The second kappa shape index (κ2) is 7.99. The van der Waals surface area contributed by atoms with E-state index in [1.165, 1.54) is 38.5 Å². The smallest absolute Gasteiger partial charge is 0.236 e. The number of carbonyl (C=O) groups excluding carboxylic acids is 1. The van der Waals surface area contributed by atoms with Gasteiger partial charge in [-0.15, -0.1) is 0 Å². The highest BCUT2D eigenvalue weighted by atomic mass is 16.2. The highest BCUT2D eigenvalue weighted by molar-refractivity contribution is 5.78. The van der Waals surface area contributed by atoms with Gasteiger partial charge >= 0.3 is 0 Å². The Kier molecular flexibility index (Phi) is 6.30. The SMILES string of the molecule is CNCCC1CCCCN1CC(=O)N1CCCC(C)C1. The van der Waals surface area contributed by atoms with Crippen molar-refractivity contribution in [3.8, 4) is 0 Å². The second-order valence-corrected chi connectivity index (χ2v) is 6.60. The van der Waals surface area contributed by atoms with Crippen LogP contribution in [0.2, 0.25) is 0 Å². The van der Waals surface area contributed by atoms with E-state index >= 15 is 0 Å². The standard InChI is InChI=1S/C16H31N3O/c1-14-6-5-11-19(12-14)16(20)13-18-10-4-3-7-15(18)8-9-17-2/h14-15,17H,3-13H2,1-2H3.